The highest BCUT2D eigenvalue weighted by molar-refractivity contribution is 5.75. The average molecular weight is 275 g/mol. The molecular weight excluding hydrogens is 250 g/mol. The Hall–Kier alpha value is -1.35. The van der Waals surface area contributed by atoms with Crippen LogP contribution in [0.1, 0.15) is 63.1 Å². The van der Waals surface area contributed by atoms with E-state index in [1.807, 2.05) is 12.1 Å². The van der Waals surface area contributed by atoms with E-state index in [2.05, 4.69) is 37.8 Å². The molecule has 1 aliphatic heterocycles. The van der Waals surface area contributed by atoms with Crippen LogP contribution in [0.15, 0.2) is 24.3 Å². The van der Waals surface area contributed by atoms with Crippen LogP contribution in [0, 0.1) is 0 Å². The van der Waals surface area contributed by atoms with Gasteiger partial charge in [0.05, 0.1) is 0 Å². The summed E-state index contributed by atoms with van der Waals surface area (Å²) in [6, 6.07) is 7.92. The van der Waals surface area contributed by atoms with E-state index >= 15 is 0 Å². The van der Waals surface area contributed by atoms with E-state index in [-0.39, 0.29) is 0 Å². The summed E-state index contributed by atoms with van der Waals surface area (Å²) >= 11 is 0. The molecule has 1 N–H and O–H groups in total. The predicted octanol–water partition coefficient (Wildman–Crippen LogP) is 3.81. The van der Waals surface area contributed by atoms with Gasteiger partial charge in [0.15, 0.2) is 0 Å². The maximum atomic E-state index is 11.7. The molecule has 1 aliphatic rings. The summed E-state index contributed by atoms with van der Waals surface area (Å²) in [7, 11) is 0. The lowest BCUT2D eigenvalue weighted by atomic mass is 9.95. The minimum Gasteiger partial charge on any atom is -0.480 e. The molecule has 3 nitrogen and oxygen atoms in total. The minimum absolute atomic E-state index is 0.342. The predicted molar refractivity (Wildman–Crippen MR) is 80.9 cm³/mol. The maximum Gasteiger partial charge on any atom is 0.325 e. The van der Waals surface area contributed by atoms with E-state index < -0.39 is 12.0 Å². The Labute approximate surface area is 121 Å². The van der Waals surface area contributed by atoms with Crippen LogP contribution in [-0.2, 0) is 4.79 Å². The summed E-state index contributed by atoms with van der Waals surface area (Å²) in [5.74, 6) is -0.266. The smallest absolute Gasteiger partial charge is 0.325 e. The Kier molecular flexibility index (Phi) is 4.81. The first-order valence-electron chi connectivity index (χ1n) is 7.59. The summed E-state index contributed by atoms with van der Waals surface area (Å²) < 4.78 is 0. The molecule has 1 aromatic rings. The van der Waals surface area contributed by atoms with Crippen molar-refractivity contribution in [3.8, 4) is 0 Å². The molecule has 110 valence electrons. The number of nitrogens with zero attached hydrogens (tertiary/aromatic N) is 1. The van der Waals surface area contributed by atoms with Gasteiger partial charge in [-0.1, -0.05) is 44.5 Å². The minimum atomic E-state index is -0.740. The fraction of sp³-hybridized carbons (Fsp3) is 0.588. The van der Waals surface area contributed by atoms with Crippen LogP contribution in [0.4, 0.5) is 0 Å². The van der Waals surface area contributed by atoms with Gasteiger partial charge >= 0.3 is 5.97 Å². The molecule has 0 aromatic heterocycles. The third-order valence-electron chi connectivity index (χ3n) is 4.34. The van der Waals surface area contributed by atoms with Crippen molar-refractivity contribution in [2.45, 2.75) is 58.0 Å². The molecule has 2 atom stereocenters. The summed E-state index contributed by atoms with van der Waals surface area (Å²) in [6.45, 7) is 7.31. The van der Waals surface area contributed by atoms with E-state index in [0.717, 1.165) is 24.9 Å². The number of hydrogen-bond donors (Lipinski definition) is 1. The van der Waals surface area contributed by atoms with Crippen LogP contribution in [0.25, 0.3) is 0 Å². The van der Waals surface area contributed by atoms with Gasteiger partial charge < -0.3 is 5.11 Å². The first-order valence-corrected chi connectivity index (χ1v) is 7.59. The molecular formula is C17H25NO2. The molecule has 1 fully saturated rings. The van der Waals surface area contributed by atoms with Crippen molar-refractivity contribution in [1.29, 1.82) is 0 Å². The van der Waals surface area contributed by atoms with Crippen molar-refractivity contribution in [2.24, 2.45) is 0 Å². The van der Waals surface area contributed by atoms with Gasteiger partial charge in [0, 0.05) is 6.04 Å². The first kappa shape index (κ1) is 15.0. The standard InChI is InChI=1S/C17H25NO2/c1-12(2)14-7-9-15(10-8-14)16(17(19)20)18-11-5-4-6-13(18)3/h7-10,12-13,16H,4-6,11H2,1-3H3,(H,19,20). The topological polar surface area (TPSA) is 40.5 Å². The number of likely N-dealkylation sites (tertiary alicyclic amines) is 1. The SMILES string of the molecule is CC(C)c1ccc(C(C(=O)O)N2CCCCC2C)cc1. The number of rotatable bonds is 4. The second-order valence-corrected chi connectivity index (χ2v) is 6.14. The third-order valence-corrected chi connectivity index (χ3v) is 4.34. The van der Waals surface area contributed by atoms with Gasteiger partial charge in [0.25, 0.3) is 0 Å². The molecule has 1 saturated heterocycles. The second-order valence-electron chi connectivity index (χ2n) is 6.14. The van der Waals surface area contributed by atoms with Gasteiger partial charge in [-0.2, -0.15) is 0 Å². The van der Waals surface area contributed by atoms with E-state index in [1.54, 1.807) is 0 Å². The molecule has 2 rings (SSSR count). The van der Waals surface area contributed by atoms with Crippen molar-refractivity contribution in [3.63, 3.8) is 0 Å². The van der Waals surface area contributed by atoms with E-state index in [4.69, 9.17) is 0 Å². The van der Waals surface area contributed by atoms with Crippen LogP contribution in [0.2, 0.25) is 0 Å². The molecule has 0 radical (unpaired) electrons. The summed E-state index contributed by atoms with van der Waals surface area (Å²) in [6.07, 6.45) is 3.39. The highest BCUT2D eigenvalue weighted by atomic mass is 16.4. The fourth-order valence-corrected chi connectivity index (χ4v) is 3.04. The number of carboxylic acid groups (broad SMARTS) is 1. The van der Waals surface area contributed by atoms with Gasteiger partial charge in [-0.3, -0.25) is 9.69 Å². The van der Waals surface area contributed by atoms with E-state index in [0.29, 0.717) is 12.0 Å². The summed E-state index contributed by atoms with van der Waals surface area (Å²) in [5.41, 5.74) is 2.15. The first-order chi connectivity index (χ1) is 9.50. The molecule has 0 aliphatic carbocycles. The Morgan fingerprint density at radius 3 is 2.30 bits per heavy atom. The highest BCUT2D eigenvalue weighted by Crippen LogP contribution is 2.29. The van der Waals surface area contributed by atoms with Crippen molar-refractivity contribution < 1.29 is 9.90 Å². The number of piperidine rings is 1. The van der Waals surface area contributed by atoms with Crippen LogP contribution in [-0.4, -0.2) is 28.6 Å². The maximum absolute atomic E-state index is 11.7. The van der Waals surface area contributed by atoms with Gasteiger partial charge in [-0.05, 0) is 43.4 Å². The monoisotopic (exact) mass is 275 g/mol. The van der Waals surface area contributed by atoms with Gasteiger partial charge in [0.1, 0.15) is 6.04 Å². The zero-order valence-electron chi connectivity index (χ0n) is 12.7. The van der Waals surface area contributed by atoms with E-state index in [1.165, 1.54) is 12.0 Å². The molecule has 0 spiro atoms. The second kappa shape index (κ2) is 6.40. The lowest BCUT2D eigenvalue weighted by molar-refractivity contribution is -0.145. The van der Waals surface area contributed by atoms with Crippen LogP contribution in [0.3, 0.4) is 0 Å². The molecule has 20 heavy (non-hydrogen) atoms. The van der Waals surface area contributed by atoms with Gasteiger partial charge in [-0.25, -0.2) is 0 Å². The van der Waals surface area contributed by atoms with Crippen molar-refractivity contribution >= 4 is 5.97 Å². The molecule has 0 amide bonds. The van der Waals surface area contributed by atoms with Crippen LogP contribution < -0.4 is 0 Å². The van der Waals surface area contributed by atoms with Crippen molar-refractivity contribution in [3.05, 3.63) is 35.4 Å². The summed E-state index contributed by atoms with van der Waals surface area (Å²) in [4.78, 5) is 13.9. The van der Waals surface area contributed by atoms with Crippen molar-refractivity contribution in [1.82, 2.24) is 4.90 Å². The Morgan fingerprint density at radius 2 is 1.80 bits per heavy atom. The van der Waals surface area contributed by atoms with Gasteiger partial charge in [0.2, 0.25) is 0 Å². The van der Waals surface area contributed by atoms with Crippen LogP contribution in [0.5, 0.6) is 0 Å². The largest absolute Gasteiger partial charge is 0.480 e. The van der Waals surface area contributed by atoms with E-state index in [9.17, 15) is 9.90 Å². The van der Waals surface area contributed by atoms with Gasteiger partial charge in [-0.15, -0.1) is 0 Å². The lowest BCUT2D eigenvalue weighted by Gasteiger charge is -2.37. The summed E-state index contributed by atoms with van der Waals surface area (Å²) in [5, 5.41) is 9.63. The third kappa shape index (κ3) is 3.21. The zero-order chi connectivity index (χ0) is 14.7. The Bertz CT molecular complexity index is 453. The fourth-order valence-electron chi connectivity index (χ4n) is 3.04. The molecule has 1 heterocycles. The number of carbonyl (C=O) groups is 1. The Morgan fingerprint density at radius 1 is 1.20 bits per heavy atom. The molecule has 3 heteroatoms. The Balaban J connectivity index is 2.26. The van der Waals surface area contributed by atoms with Crippen molar-refractivity contribution in [2.75, 3.05) is 6.54 Å². The lowest BCUT2D eigenvalue weighted by Crippen LogP contribution is -2.43. The normalized spacial score (nSPS) is 21.9. The highest BCUT2D eigenvalue weighted by Gasteiger charge is 2.32. The molecule has 0 saturated carbocycles. The molecule has 0 bridgehead atoms. The average Bonchev–Trinajstić information content (AvgIpc) is 2.41. The van der Waals surface area contributed by atoms with Crippen LogP contribution >= 0.6 is 0 Å². The molecule has 1 aromatic carbocycles. The molecule has 2 unspecified atom stereocenters. The number of hydrogen-bond acceptors (Lipinski definition) is 2. The quantitative estimate of drug-likeness (QED) is 0.908. The number of carboxylic acids is 1. The number of benzene rings is 1. The zero-order valence-corrected chi connectivity index (χ0v) is 12.7. The number of aliphatic carboxylic acids is 1.